The van der Waals surface area contributed by atoms with Crippen LogP contribution in [0.3, 0.4) is 0 Å². The molecular formula is C12H16O4. The minimum Gasteiger partial charge on any atom is -0.504 e. The lowest BCUT2D eigenvalue weighted by molar-refractivity contribution is -0.132. The van der Waals surface area contributed by atoms with E-state index in [9.17, 15) is 9.90 Å². The second-order valence-corrected chi connectivity index (χ2v) is 3.49. The number of ether oxygens (including phenoxy) is 2. The monoisotopic (exact) mass is 224 g/mol. The zero-order chi connectivity index (χ0) is 12.1. The van der Waals surface area contributed by atoms with Crippen LogP contribution in [0.5, 0.6) is 17.2 Å². The van der Waals surface area contributed by atoms with E-state index in [1.807, 2.05) is 6.92 Å². The van der Waals surface area contributed by atoms with Crippen LogP contribution in [-0.4, -0.2) is 18.2 Å². The topological polar surface area (TPSA) is 55.8 Å². The fourth-order valence-electron chi connectivity index (χ4n) is 1.47. The van der Waals surface area contributed by atoms with Crippen molar-refractivity contribution in [2.75, 3.05) is 7.11 Å². The number of carbonyl (C=O) groups is 1. The van der Waals surface area contributed by atoms with Gasteiger partial charge in [0, 0.05) is 6.92 Å². The van der Waals surface area contributed by atoms with E-state index >= 15 is 0 Å². The van der Waals surface area contributed by atoms with Gasteiger partial charge in [-0.05, 0) is 24.1 Å². The maximum atomic E-state index is 10.9. The summed E-state index contributed by atoms with van der Waals surface area (Å²) in [5.41, 5.74) is 0.952. The summed E-state index contributed by atoms with van der Waals surface area (Å²) in [6.45, 7) is 3.32. The van der Waals surface area contributed by atoms with Crippen molar-refractivity contribution in [3.63, 3.8) is 0 Å². The number of hydrogen-bond acceptors (Lipinski definition) is 4. The number of phenolic OH excluding ortho intramolecular Hbond substituents is 1. The molecule has 4 heteroatoms. The Morgan fingerprint density at radius 1 is 1.44 bits per heavy atom. The molecule has 16 heavy (non-hydrogen) atoms. The molecule has 1 aromatic carbocycles. The van der Waals surface area contributed by atoms with Crippen molar-refractivity contribution >= 4 is 5.97 Å². The van der Waals surface area contributed by atoms with E-state index < -0.39 is 5.97 Å². The molecule has 0 atom stereocenters. The average Bonchev–Trinajstić information content (AvgIpc) is 2.21. The van der Waals surface area contributed by atoms with Crippen molar-refractivity contribution in [2.24, 2.45) is 0 Å². The first-order valence-corrected chi connectivity index (χ1v) is 5.16. The summed E-state index contributed by atoms with van der Waals surface area (Å²) < 4.78 is 9.96. The smallest absolute Gasteiger partial charge is 0.308 e. The molecule has 0 aromatic heterocycles. The first-order chi connectivity index (χ1) is 7.58. The van der Waals surface area contributed by atoms with Gasteiger partial charge in [-0.2, -0.15) is 0 Å². The highest BCUT2D eigenvalue weighted by Gasteiger charge is 2.14. The Balaban J connectivity index is 3.12. The van der Waals surface area contributed by atoms with Crippen LogP contribution >= 0.6 is 0 Å². The number of carbonyl (C=O) groups excluding carboxylic acids is 1. The minimum absolute atomic E-state index is 0.0713. The Kier molecular flexibility index (Phi) is 4.17. The van der Waals surface area contributed by atoms with Gasteiger partial charge in [-0.1, -0.05) is 13.3 Å². The molecule has 0 heterocycles. The normalized spacial score (nSPS) is 9.94. The van der Waals surface area contributed by atoms with Crippen LogP contribution in [0, 0.1) is 0 Å². The molecule has 1 rings (SSSR count). The summed E-state index contributed by atoms with van der Waals surface area (Å²) in [4.78, 5) is 10.9. The molecule has 88 valence electrons. The van der Waals surface area contributed by atoms with Gasteiger partial charge in [-0.25, -0.2) is 0 Å². The Bertz CT molecular complexity index is 385. The molecule has 0 fully saturated rings. The van der Waals surface area contributed by atoms with Gasteiger partial charge in [0.05, 0.1) is 7.11 Å². The number of aryl methyl sites for hydroxylation is 1. The van der Waals surface area contributed by atoms with Gasteiger partial charge in [-0.3, -0.25) is 4.79 Å². The van der Waals surface area contributed by atoms with E-state index in [0.29, 0.717) is 5.75 Å². The van der Waals surface area contributed by atoms with Crippen LogP contribution in [0.1, 0.15) is 25.8 Å². The lowest BCUT2D eigenvalue weighted by Crippen LogP contribution is -2.03. The first kappa shape index (κ1) is 12.4. The van der Waals surface area contributed by atoms with Crippen LogP contribution in [-0.2, 0) is 11.2 Å². The lowest BCUT2D eigenvalue weighted by Gasteiger charge is -2.11. The summed E-state index contributed by atoms with van der Waals surface area (Å²) >= 11 is 0. The number of aromatic hydroxyl groups is 1. The van der Waals surface area contributed by atoms with Crippen LogP contribution in [0.25, 0.3) is 0 Å². The maximum absolute atomic E-state index is 10.9. The second-order valence-electron chi connectivity index (χ2n) is 3.49. The average molecular weight is 224 g/mol. The number of rotatable bonds is 4. The van der Waals surface area contributed by atoms with Crippen molar-refractivity contribution in [2.45, 2.75) is 26.7 Å². The minimum atomic E-state index is -0.489. The number of esters is 1. The molecule has 0 amide bonds. The Morgan fingerprint density at radius 2 is 2.12 bits per heavy atom. The third-order valence-electron chi connectivity index (χ3n) is 2.10. The van der Waals surface area contributed by atoms with E-state index in [4.69, 9.17) is 9.47 Å². The SMILES string of the molecule is CCCc1cc(O)c(OC(C)=O)c(OC)c1. The van der Waals surface area contributed by atoms with Gasteiger partial charge >= 0.3 is 5.97 Å². The zero-order valence-electron chi connectivity index (χ0n) is 9.74. The molecule has 0 unspecified atom stereocenters. The van der Waals surface area contributed by atoms with E-state index in [1.54, 1.807) is 12.1 Å². The van der Waals surface area contributed by atoms with Crippen molar-refractivity contribution in [1.29, 1.82) is 0 Å². The van der Waals surface area contributed by atoms with Gasteiger partial charge < -0.3 is 14.6 Å². The summed E-state index contributed by atoms with van der Waals surface area (Å²) in [5.74, 6) is -0.108. The molecule has 0 saturated heterocycles. The predicted octanol–water partition coefficient (Wildman–Crippen LogP) is 2.28. The zero-order valence-corrected chi connectivity index (χ0v) is 9.74. The highest BCUT2D eigenvalue weighted by atomic mass is 16.6. The summed E-state index contributed by atoms with van der Waals surface area (Å²) in [5, 5.41) is 9.72. The first-order valence-electron chi connectivity index (χ1n) is 5.16. The molecule has 0 aliphatic carbocycles. The van der Waals surface area contributed by atoms with Gasteiger partial charge in [0.25, 0.3) is 0 Å². The van der Waals surface area contributed by atoms with Crippen LogP contribution in [0.4, 0.5) is 0 Å². The molecule has 4 nitrogen and oxygen atoms in total. The molecule has 0 aliphatic heterocycles. The highest BCUT2D eigenvalue weighted by molar-refractivity contribution is 5.72. The quantitative estimate of drug-likeness (QED) is 0.629. The Morgan fingerprint density at radius 3 is 2.62 bits per heavy atom. The molecule has 0 radical (unpaired) electrons. The van der Waals surface area contributed by atoms with Crippen molar-refractivity contribution in [3.8, 4) is 17.2 Å². The summed E-state index contributed by atoms with van der Waals surface area (Å²) in [6.07, 6.45) is 1.81. The summed E-state index contributed by atoms with van der Waals surface area (Å²) in [6, 6.07) is 3.35. The fraction of sp³-hybridized carbons (Fsp3) is 0.417. The van der Waals surface area contributed by atoms with E-state index in [2.05, 4.69) is 0 Å². The standard InChI is InChI=1S/C12H16O4/c1-4-5-9-6-10(14)12(16-8(2)13)11(7-9)15-3/h6-7,14H,4-5H2,1-3H3. The van der Waals surface area contributed by atoms with Crippen molar-refractivity contribution < 1.29 is 19.4 Å². The van der Waals surface area contributed by atoms with Gasteiger partial charge in [0.15, 0.2) is 11.5 Å². The van der Waals surface area contributed by atoms with E-state index in [-0.39, 0.29) is 11.5 Å². The largest absolute Gasteiger partial charge is 0.504 e. The predicted molar refractivity (Wildman–Crippen MR) is 60.0 cm³/mol. The van der Waals surface area contributed by atoms with Crippen molar-refractivity contribution in [3.05, 3.63) is 17.7 Å². The molecule has 0 bridgehead atoms. The number of hydrogen-bond donors (Lipinski definition) is 1. The summed E-state index contributed by atoms with van der Waals surface area (Å²) in [7, 11) is 1.47. The van der Waals surface area contributed by atoms with Crippen molar-refractivity contribution in [1.82, 2.24) is 0 Å². The van der Waals surface area contributed by atoms with Crippen LogP contribution in [0.15, 0.2) is 12.1 Å². The molecule has 1 N–H and O–H groups in total. The van der Waals surface area contributed by atoms with Crippen LogP contribution < -0.4 is 9.47 Å². The van der Waals surface area contributed by atoms with E-state index in [0.717, 1.165) is 18.4 Å². The molecule has 1 aromatic rings. The molecule has 0 aliphatic rings. The molecule has 0 spiro atoms. The number of benzene rings is 1. The number of methoxy groups -OCH3 is 1. The molecule has 0 saturated carbocycles. The third kappa shape index (κ3) is 2.89. The maximum Gasteiger partial charge on any atom is 0.308 e. The Labute approximate surface area is 94.8 Å². The molecular weight excluding hydrogens is 208 g/mol. The van der Waals surface area contributed by atoms with E-state index in [1.165, 1.54) is 14.0 Å². The van der Waals surface area contributed by atoms with Gasteiger partial charge in [-0.15, -0.1) is 0 Å². The Hall–Kier alpha value is -1.71. The van der Waals surface area contributed by atoms with Gasteiger partial charge in [0.1, 0.15) is 0 Å². The fourth-order valence-corrected chi connectivity index (χ4v) is 1.47. The van der Waals surface area contributed by atoms with Crippen LogP contribution in [0.2, 0.25) is 0 Å². The lowest BCUT2D eigenvalue weighted by atomic mass is 10.1. The van der Waals surface area contributed by atoms with Gasteiger partial charge in [0.2, 0.25) is 5.75 Å². The third-order valence-corrected chi connectivity index (χ3v) is 2.10. The highest BCUT2D eigenvalue weighted by Crippen LogP contribution is 2.38. The second kappa shape index (κ2) is 5.39. The number of phenols is 1.